The Labute approximate surface area is 147 Å². The topological polar surface area (TPSA) is 103 Å². The van der Waals surface area contributed by atoms with Crippen LogP contribution in [0.5, 0.6) is 0 Å². The molecule has 0 spiro atoms. The normalized spacial score (nSPS) is 10.8. The molecule has 1 N–H and O–H groups in total. The Morgan fingerprint density at radius 2 is 1.88 bits per heavy atom. The number of amides is 1. The van der Waals surface area contributed by atoms with Gasteiger partial charge in [-0.05, 0) is 43.3 Å². The number of fused-ring (bicyclic) bond motifs is 1. The van der Waals surface area contributed by atoms with Gasteiger partial charge in [0.25, 0.3) is 17.4 Å². The first-order valence-corrected chi connectivity index (χ1v) is 7.80. The lowest BCUT2D eigenvalue weighted by atomic mass is 10.1. The SMILES string of the molecule is Cc1noc(-c2ccc(C(=O)Nn3cnc4ccccc4c3=O)cc2)n1. The van der Waals surface area contributed by atoms with Gasteiger partial charge in [0.2, 0.25) is 0 Å². The summed E-state index contributed by atoms with van der Waals surface area (Å²) in [6.45, 7) is 1.73. The van der Waals surface area contributed by atoms with Gasteiger partial charge >= 0.3 is 0 Å². The number of hydrogen-bond acceptors (Lipinski definition) is 6. The van der Waals surface area contributed by atoms with Crippen molar-refractivity contribution in [2.24, 2.45) is 0 Å². The predicted octanol–water partition coefficient (Wildman–Crippen LogP) is 2.14. The molecule has 1 amide bonds. The minimum absolute atomic E-state index is 0.345. The predicted molar refractivity (Wildman–Crippen MR) is 94.2 cm³/mol. The van der Waals surface area contributed by atoms with Gasteiger partial charge in [0.15, 0.2) is 5.82 Å². The van der Waals surface area contributed by atoms with E-state index in [0.29, 0.717) is 33.7 Å². The average Bonchev–Trinajstić information content (AvgIpc) is 3.11. The molecule has 8 heteroatoms. The third-order valence-corrected chi connectivity index (χ3v) is 3.81. The smallest absolute Gasteiger partial charge is 0.280 e. The van der Waals surface area contributed by atoms with Gasteiger partial charge < -0.3 is 4.52 Å². The molecule has 26 heavy (non-hydrogen) atoms. The van der Waals surface area contributed by atoms with Crippen molar-refractivity contribution >= 4 is 16.8 Å². The Kier molecular flexibility index (Phi) is 3.77. The van der Waals surface area contributed by atoms with Crippen molar-refractivity contribution in [3.63, 3.8) is 0 Å². The molecule has 8 nitrogen and oxygen atoms in total. The lowest BCUT2D eigenvalue weighted by Crippen LogP contribution is -2.33. The fourth-order valence-corrected chi connectivity index (χ4v) is 2.50. The molecule has 0 aliphatic heterocycles. The zero-order valence-corrected chi connectivity index (χ0v) is 13.7. The molecule has 0 aliphatic rings. The number of carbonyl (C=O) groups is 1. The highest BCUT2D eigenvalue weighted by Gasteiger charge is 2.11. The maximum Gasteiger partial charge on any atom is 0.280 e. The summed E-state index contributed by atoms with van der Waals surface area (Å²) in [5.74, 6) is 0.479. The van der Waals surface area contributed by atoms with Crippen molar-refractivity contribution in [1.82, 2.24) is 19.8 Å². The van der Waals surface area contributed by atoms with Gasteiger partial charge in [-0.15, -0.1) is 0 Å². The molecular formula is C18H13N5O3. The summed E-state index contributed by atoms with van der Waals surface area (Å²) in [6, 6.07) is 13.6. The van der Waals surface area contributed by atoms with E-state index in [1.165, 1.54) is 6.33 Å². The third kappa shape index (κ3) is 2.84. The van der Waals surface area contributed by atoms with Gasteiger partial charge in [-0.3, -0.25) is 15.0 Å². The average molecular weight is 347 g/mol. The number of aromatic nitrogens is 4. The van der Waals surface area contributed by atoms with E-state index < -0.39 is 5.91 Å². The van der Waals surface area contributed by atoms with Gasteiger partial charge in [-0.1, -0.05) is 17.3 Å². The number of nitrogens with one attached hydrogen (secondary N) is 1. The largest absolute Gasteiger partial charge is 0.334 e. The van der Waals surface area contributed by atoms with Crippen LogP contribution >= 0.6 is 0 Å². The zero-order chi connectivity index (χ0) is 18.1. The first-order chi connectivity index (χ1) is 12.6. The maximum absolute atomic E-state index is 12.4. The van der Waals surface area contributed by atoms with E-state index in [0.717, 1.165) is 4.68 Å². The van der Waals surface area contributed by atoms with E-state index in [2.05, 4.69) is 20.6 Å². The Morgan fingerprint density at radius 1 is 1.12 bits per heavy atom. The Morgan fingerprint density at radius 3 is 2.62 bits per heavy atom. The van der Waals surface area contributed by atoms with Crippen molar-refractivity contribution in [2.45, 2.75) is 6.92 Å². The summed E-state index contributed by atoms with van der Waals surface area (Å²) in [7, 11) is 0. The number of aryl methyl sites for hydroxylation is 1. The van der Waals surface area contributed by atoms with Crippen LogP contribution in [0.4, 0.5) is 0 Å². The van der Waals surface area contributed by atoms with Crippen molar-refractivity contribution in [2.75, 3.05) is 5.43 Å². The summed E-state index contributed by atoms with van der Waals surface area (Å²) in [5, 5.41) is 4.16. The molecule has 0 bridgehead atoms. The van der Waals surface area contributed by atoms with Crippen LogP contribution in [-0.4, -0.2) is 25.7 Å². The van der Waals surface area contributed by atoms with Crippen molar-refractivity contribution in [1.29, 1.82) is 0 Å². The fourth-order valence-electron chi connectivity index (χ4n) is 2.50. The second-order valence-corrected chi connectivity index (χ2v) is 5.60. The molecule has 4 aromatic rings. The fraction of sp³-hybridized carbons (Fsp3) is 0.0556. The number of nitrogens with zero attached hydrogens (tertiary/aromatic N) is 4. The van der Waals surface area contributed by atoms with Crippen LogP contribution in [0.15, 0.2) is 64.2 Å². The summed E-state index contributed by atoms with van der Waals surface area (Å²) in [4.78, 5) is 33.1. The van der Waals surface area contributed by atoms with Gasteiger partial charge in [-0.2, -0.15) is 4.98 Å². The van der Waals surface area contributed by atoms with E-state index in [1.807, 2.05) is 0 Å². The van der Waals surface area contributed by atoms with Crippen LogP contribution in [0.1, 0.15) is 16.2 Å². The summed E-state index contributed by atoms with van der Waals surface area (Å²) in [5.41, 5.74) is 3.84. The van der Waals surface area contributed by atoms with Crippen LogP contribution in [0.25, 0.3) is 22.4 Å². The highest BCUT2D eigenvalue weighted by molar-refractivity contribution is 6.00. The van der Waals surface area contributed by atoms with E-state index in [4.69, 9.17) is 4.52 Å². The number of rotatable bonds is 3. The zero-order valence-electron chi connectivity index (χ0n) is 13.7. The molecule has 2 aromatic carbocycles. The quantitative estimate of drug-likeness (QED) is 0.609. The molecular weight excluding hydrogens is 334 g/mol. The molecule has 0 unspecified atom stereocenters. The van der Waals surface area contributed by atoms with E-state index in [1.54, 1.807) is 55.5 Å². The molecule has 2 heterocycles. The molecule has 128 valence electrons. The molecule has 2 aromatic heterocycles. The summed E-state index contributed by atoms with van der Waals surface area (Å²) >= 11 is 0. The highest BCUT2D eigenvalue weighted by atomic mass is 16.5. The monoisotopic (exact) mass is 347 g/mol. The lowest BCUT2D eigenvalue weighted by Gasteiger charge is -2.08. The number of benzene rings is 2. The lowest BCUT2D eigenvalue weighted by molar-refractivity contribution is 0.101. The molecule has 4 rings (SSSR count). The molecule has 0 fully saturated rings. The summed E-state index contributed by atoms with van der Waals surface area (Å²) < 4.78 is 6.16. The van der Waals surface area contributed by atoms with Gasteiger partial charge in [0.1, 0.15) is 6.33 Å². The second kappa shape index (κ2) is 6.25. The number of hydrogen-bond donors (Lipinski definition) is 1. The van der Waals surface area contributed by atoms with Crippen molar-refractivity contribution in [3.05, 3.63) is 76.6 Å². The van der Waals surface area contributed by atoms with Crippen LogP contribution in [0.2, 0.25) is 0 Å². The highest BCUT2D eigenvalue weighted by Crippen LogP contribution is 2.17. The first-order valence-electron chi connectivity index (χ1n) is 7.80. The van der Waals surface area contributed by atoms with Crippen LogP contribution in [-0.2, 0) is 0 Å². The van der Waals surface area contributed by atoms with Crippen molar-refractivity contribution < 1.29 is 9.32 Å². The standard InChI is InChI=1S/C18H13N5O3/c1-11-20-17(26-22-11)13-8-6-12(7-9-13)16(24)21-23-10-19-15-5-3-2-4-14(15)18(23)25/h2-10H,1H3,(H,21,24). The first kappa shape index (κ1) is 15.7. The van der Waals surface area contributed by atoms with Gasteiger partial charge in [0, 0.05) is 11.1 Å². The number of carbonyl (C=O) groups excluding carboxylic acids is 1. The maximum atomic E-state index is 12.4. The molecule has 0 saturated carbocycles. The van der Waals surface area contributed by atoms with Crippen LogP contribution < -0.4 is 11.0 Å². The number of para-hydroxylation sites is 1. The second-order valence-electron chi connectivity index (χ2n) is 5.60. The van der Waals surface area contributed by atoms with Crippen LogP contribution in [0.3, 0.4) is 0 Å². The minimum atomic E-state index is -0.433. The Bertz CT molecular complexity index is 1160. The van der Waals surface area contributed by atoms with E-state index in [-0.39, 0.29) is 5.56 Å². The van der Waals surface area contributed by atoms with E-state index >= 15 is 0 Å². The van der Waals surface area contributed by atoms with Crippen molar-refractivity contribution in [3.8, 4) is 11.5 Å². The Balaban J connectivity index is 1.59. The van der Waals surface area contributed by atoms with E-state index in [9.17, 15) is 9.59 Å². The van der Waals surface area contributed by atoms with Gasteiger partial charge in [-0.25, -0.2) is 9.66 Å². The van der Waals surface area contributed by atoms with Crippen LogP contribution in [0, 0.1) is 6.92 Å². The van der Waals surface area contributed by atoms with Gasteiger partial charge in [0.05, 0.1) is 10.9 Å². The molecule has 0 atom stereocenters. The molecule has 0 saturated heterocycles. The molecule has 0 radical (unpaired) electrons. The minimum Gasteiger partial charge on any atom is -0.334 e. The Hall–Kier alpha value is -3.81. The third-order valence-electron chi connectivity index (χ3n) is 3.81. The molecule has 0 aliphatic carbocycles. The summed E-state index contributed by atoms with van der Waals surface area (Å²) in [6.07, 6.45) is 1.29.